The van der Waals surface area contributed by atoms with Crippen molar-refractivity contribution in [1.29, 1.82) is 0 Å². The molecule has 0 spiro atoms. The molecule has 226 valence electrons. The van der Waals surface area contributed by atoms with Crippen LogP contribution in [0.15, 0.2) is 72.8 Å². The number of carbonyl (C=O) groups is 2. The average molecular weight is 592 g/mol. The van der Waals surface area contributed by atoms with Crippen molar-refractivity contribution in [2.45, 2.75) is 66.5 Å². The second kappa shape index (κ2) is 15.0. The fraction of sp³-hybridized carbons (Fsp3) is 0.412. The summed E-state index contributed by atoms with van der Waals surface area (Å²) in [5.74, 6) is -0.118. The van der Waals surface area contributed by atoms with Gasteiger partial charge in [0.2, 0.25) is 21.8 Å². The summed E-state index contributed by atoms with van der Waals surface area (Å²) >= 11 is 0. The van der Waals surface area contributed by atoms with E-state index >= 15 is 0 Å². The van der Waals surface area contributed by atoms with E-state index in [0.29, 0.717) is 25.1 Å². The lowest BCUT2D eigenvalue weighted by Crippen LogP contribution is -2.51. The maximum absolute atomic E-state index is 14.0. The minimum Gasteiger partial charge on any atom is -0.354 e. The molecule has 0 unspecified atom stereocenters. The summed E-state index contributed by atoms with van der Waals surface area (Å²) in [4.78, 5) is 29.3. The molecule has 0 bridgehead atoms. The highest BCUT2D eigenvalue weighted by Crippen LogP contribution is 2.23. The predicted molar refractivity (Wildman–Crippen MR) is 171 cm³/mol. The van der Waals surface area contributed by atoms with Crippen molar-refractivity contribution in [3.63, 3.8) is 0 Å². The van der Waals surface area contributed by atoms with Crippen LogP contribution in [0.1, 0.15) is 54.5 Å². The van der Waals surface area contributed by atoms with Gasteiger partial charge >= 0.3 is 0 Å². The number of carbonyl (C=O) groups excluding carboxylic acids is 2. The van der Waals surface area contributed by atoms with Gasteiger partial charge in [-0.1, -0.05) is 80.1 Å². The van der Waals surface area contributed by atoms with Crippen molar-refractivity contribution in [1.82, 2.24) is 10.2 Å². The van der Waals surface area contributed by atoms with Crippen LogP contribution in [0.4, 0.5) is 5.69 Å². The van der Waals surface area contributed by atoms with Crippen molar-refractivity contribution in [2.24, 2.45) is 5.92 Å². The minimum atomic E-state index is -3.56. The molecule has 1 atom stereocenters. The second-order valence-corrected chi connectivity index (χ2v) is 13.5. The van der Waals surface area contributed by atoms with Gasteiger partial charge in [-0.2, -0.15) is 0 Å². The molecule has 3 rings (SSSR count). The second-order valence-electron chi connectivity index (χ2n) is 11.6. The lowest BCUT2D eigenvalue weighted by molar-refractivity contribution is -0.141. The zero-order chi connectivity index (χ0) is 30.9. The van der Waals surface area contributed by atoms with E-state index in [0.717, 1.165) is 27.8 Å². The highest BCUT2D eigenvalue weighted by molar-refractivity contribution is 7.92. The van der Waals surface area contributed by atoms with Crippen LogP contribution in [0, 0.1) is 26.7 Å². The van der Waals surface area contributed by atoms with Crippen LogP contribution in [-0.2, 0) is 32.6 Å². The van der Waals surface area contributed by atoms with Crippen molar-refractivity contribution >= 4 is 27.5 Å². The number of hydrogen-bond acceptors (Lipinski definition) is 4. The van der Waals surface area contributed by atoms with Crippen molar-refractivity contribution in [3.8, 4) is 0 Å². The van der Waals surface area contributed by atoms with E-state index in [4.69, 9.17) is 0 Å². The summed E-state index contributed by atoms with van der Waals surface area (Å²) in [6.45, 7) is 10.9. The molecule has 0 fully saturated rings. The van der Waals surface area contributed by atoms with Gasteiger partial charge in [0.1, 0.15) is 6.04 Å². The van der Waals surface area contributed by atoms with Gasteiger partial charge in [-0.15, -0.1) is 0 Å². The number of hydrogen-bond donors (Lipinski definition) is 1. The van der Waals surface area contributed by atoms with Gasteiger partial charge in [-0.25, -0.2) is 8.42 Å². The highest BCUT2D eigenvalue weighted by Gasteiger charge is 2.30. The number of nitrogens with zero attached hydrogens (tertiary/aromatic N) is 2. The Morgan fingerprint density at radius 1 is 0.833 bits per heavy atom. The molecule has 0 aromatic heterocycles. The number of nitrogens with one attached hydrogen (secondary N) is 1. The van der Waals surface area contributed by atoms with Crippen molar-refractivity contribution < 1.29 is 18.0 Å². The number of anilines is 1. The first-order valence-electron chi connectivity index (χ1n) is 14.6. The Bertz CT molecular complexity index is 1430. The van der Waals surface area contributed by atoms with Crippen LogP contribution in [-0.4, -0.2) is 50.5 Å². The normalized spacial score (nSPS) is 12.2. The molecule has 0 aliphatic rings. The van der Waals surface area contributed by atoms with E-state index in [-0.39, 0.29) is 37.2 Å². The van der Waals surface area contributed by atoms with Crippen molar-refractivity contribution in [3.05, 3.63) is 101 Å². The summed E-state index contributed by atoms with van der Waals surface area (Å²) in [6.07, 6.45) is 1.98. The Morgan fingerprint density at radius 3 is 2.07 bits per heavy atom. The third-order valence-electron chi connectivity index (χ3n) is 7.04. The molecular formula is C34H45N3O4S. The Hall–Kier alpha value is -3.65. The number of amides is 2. The third-order valence-corrected chi connectivity index (χ3v) is 8.23. The summed E-state index contributed by atoms with van der Waals surface area (Å²) in [5, 5.41) is 3.04. The van der Waals surface area contributed by atoms with E-state index in [1.807, 2.05) is 107 Å². The summed E-state index contributed by atoms with van der Waals surface area (Å²) in [6, 6.07) is 22.6. The number of aryl methyl sites for hydroxylation is 3. The van der Waals surface area contributed by atoms with Crippen molar-refractivity contribution in [2.75, 3.05) is 23.7 Å². The first kappa shape index (κ1) is 32.9. The zero-order valence-corrected chi connectivity index (χ0v) is 26.6. The Kier molecular flexibility index (Phi) is 11.7. The Balaban J connectivity index is 1.89. The van der Waals surface area contributed by atoms with Crippen LogP contribution in [0.25, 0.3) is 0 Å². The van der Waals surface area contributed by atoms with Gasteiger partial charge in [0.25, 0.3) is 0 Å². The minimum absolute atomic E-state index is 0.103. The molecule has 0 aliphatic heterocycles. The van der Waals surface area contributed by atoms with Gasteiger partial charge in [0, 0.05) is 32.5 Å². The molecule has 8 heteroatoms. The number of sulfonamides is 1. The SMILES string of the molecule is Cc1cccc(CN(C(=O)CCCN(c2cc(C)cc(C)c2)S(C)(=O)=O)[C@H](Cc2ccccc2)C(=O)NCC(C)C)c1. The molecule has 0 saturated heterocycles. The van der Waals surface area contributed by atoms with Gasteiger partial charge < -0.3 is 10.2 Å². The van der Waals surface area contributed by atoms with Gasteiger partial charge in [-0.05, 0) is 67.5 Å². The first-order valence-corrected chi connectivity index (χ1v) is 16.4. The summed E-state index contributed by atoms with van der Waals surface area (Å²) in [7, 11) is -3.56. The van der Waals surface area contributed by atoms with E-state index in [1.165, 1.54) is 10.6 Å². The Labute approximate surface area is 252 Å². The first-order chi connectivity index (χ1) is 19.8. The molecule has 0 heterocycles. The van der Waals surface area contributed by atoms with Crippen LogP contribution >= 0.6 is 0 Å². The van der Waals surface area contributed by atoms with E-state index < -0.39 is 16.1 Å². The maximum atomic E-state index is 14.0. The largest absolute Gasteiger partial charge is 0.354 e. The van der Waals surface area contributed by atoms with Crippen LogP contribution in [0.5, 0.6) is 0 Å². The van der Waals surface area contributed by atoms with Gasteiger partial charge in [-0.3, -0.25) is 13.9 Å². The monoisotopic (exact) mass is 591 g/mol. The van der Waals surface area contributed by atoms with E-state index in [2.05, 4.69) is 5.32 Å². The van der Waals surface area contributed by atoms with Crippen LogP contribution < -0.4 is 9.62 Å². The molecule has 2 amide bonds. The Morgan fingerprint density at radius 2 is 1.48 bits per heavy atom. The molecule has 1 N–H and O–H groups in total. The molecule has 0 aliphatic carbocycles. The molecule has 42 heavy (non-hydrogen) atoms. The summed E-state index contributed by atoms with van der Waals surface area (Å²) < 4.78 is 26.8. The fourth-order valence-corrected chi connectivity index (χ4v) is 6.03. The predicted octanol–water partition coefficient (Wildman–Crippen LogP) is 5.57. The summed E-state index contributed by atoms with van der Waals surface area (Å²) in [5.41, 5.74) is 5.49. The van der Waals surface area contributed by atoms with E-state index in [9.17, 15) is 18.0 Å². The van der Waals surface area contributed by atoms with Crippen LogP contribution in [0.2, 0.25) is 0 Å². The van der Waals surface area contributed by atoms with Gasteiger partial charge in [0.15, 0.2) is 0 Å². The topological polar surface area (TPSA) is 86.8 Å². The smallest absolute Gasteiger partial charge is 0.243 e. The number of rotatable bonds is 14. The maximum Gasteiger partial charge on any atom is 0.243 e. The average Bonchev–Trinajstić information content (AvgIpc) is 2.91. The quantitative estimate of drug-likeness (QED) is 0.266. The highest BCUT2D eigenvalue weighted by atomic mass is 32.2. The molecule has 0 saturated carbocycles. The lowest BCUT2D eigenvalue weighted by atomic mass is 10.0. The fourth-order valence-electron chi connectivity index (χ4n) is 5.08. The molecule has 0 radical (unpaired) electrons. The zero-order valence-electron chi connectivity index (χ0n) is 25.8. The van der Waals surface area contributed by atoms with Crippen LogP contribution in [0.3, 0.4) is 0 Å². The lowest BCUT2D eigenvalue weighted by Gasteiger charge is -2.32. The van der Waals surface area contributed by atoms with Gasteiger partial charge in [0.05, 0.1) is 11.9 Å². The van der Waals surface area contributed by atoms with E-state index in [1.54, 1.807) is 4.90 Å². The molecular weight excluding hydrogens is 546 g/mol. The number of benzene rings is 3. The third kappa shape index (κ3) is 10.0. The standard InChI is InChI=1S/C34H45N3O4S/c1-25(2)23-35-34(39)32(22-29-13-8-7-9-14-29)36(24-30-15-10-12-26(3)19-30)33(38)16-11-17-37(42(6,40)41)31-20-27(4)18-28(5)21-31/h7-10,12-15,18-21,25,32H,11,16-17,22-24H2,1-6H3,(H,35,39)/t32-/m1/s1. The molecule has 7 nitrogen and oxygen atoms in total. The molecule has 3 aromatic rings. The molecule has 3 aromatic carbocycles.